The van der Waals surface area contributed by atoms with E-state index in [0.29, 0.717) is 29.2 Å². The van der Waals surface area contributed by atoms with Crippen LogP contribution in [0.5, 0.6) is 0 Å². The lowest BCUT2D eigenvalue weighted by atomic mass is 9.98. The van der Waals surface area contributed by atoms with Gasteiger partial charge in [0.1, 0.15) is 18.0 Å². The van der Waals surface area contributed by atoms with E-state index in [0.717, 1.165) is 11.1 Å². The van der Waals surface area contributed by atoms with Crippen molar-refractivity contribution in [1.29, 1.82) is 0 Å². The van der Waals surface area contributed by atoms with E-state index in [2.05, 4.69) is 33.9 Å². The van der Waals surface area contributed by atoms with Crippen molar-refractivity contribution in [3.63, 3.8) is 0 Å². The number of hydrogen-bond donors (Lipinski definition) is 0. The van der Waals surface area contributed by atoms with E-state index in [1.54, 1.807) is 28.8 Å². The molecule has 0 N–H and O–H groups in total. The first kappa shape index (κ1) is 36.6. The van der Waals surface area contributed by atoms with Crippen LogP contribution in [-0.2, 0) is 25.3 Å². The molecular weight excluding hydrogens is 601 g/mol. The zero-order valence-corrected chi connectivity index (χ0v) is 29.8. The van der Waals surface area contributed by atoms with Gasteiger partial charge in [-0.1, -0.05) is 65.0 Å². The number of methoxy groups -OCH3 is 1. The van der Waals surface area contributed by atoms with Gasteiger partial charge >= 0.3 is 5.97 Å². The first-order chi connectivity index (χ1) is 21.4. The number of aryl methyl sites for hydroxylation is 1. The van der Waals surface area contributed by atoms with Gasteiger partial charge in [0.25, 0.3) is 5.91 Å². The van der Waals surface area contributed by atoms with Crippen LogP contribution < -0.4 is 0 Å². The Bertz CT molecular complexity index is 1570. The lowest BCUT2D eigenvalue weighted by Gasteiger charge is -2.38. The van der Waals surface area contributed by atoms with Crippen LogP contribution in [0.25, 0.3) is 11.8 Å². The highest BCUT2D eigenvalue weighted by molar-refractivity contribution is 6.74. The zero-order chi connectivity index (χ0) is 34.4. The molecule has 248 valence electrons. The summed E-state index contributed by atoms with van der Waals surface area (Å²) >= 11 is 0. The largest absolute Gasteiger partial charge is 0.469 e. The van der Waals surface area contributed by atoms with E-state index in [-0.39, 0.29) is 35.5 Å². The second kappa shape index (κ2) is 15.1. The van der Waals surface area contributed by atoms with Crippen molar-refractivity contribution in [2.75, 3.05) is 14.2 Å². The minimum Gasteiger partial charge on any atom is -0.469 e. The average Bonchev–Trinajstić information content (AvgIpc) is 3.35. The number of Topliss-reactive ketones (excluding diaryl/α,β-unsaturated/α-hetero) is 1. The van der Waals surface area contributed by atoms with Gasteiger partial charge in [-0.2, -0.15) is 5.10 Å². The number of esters is 1. The Labute approximate surface area is 273 Å². The molecule has 0 unspecified atom stereocenters. The third-order valence-electron chi connectivity index (χ3n) is 8.54. The summed E-state index contributed by atoms with van der Waals surface area (Å²) in [5.41, 5.74) is 4.32. The predicted octanol–water partition coefficient (Wildman–Crippen LogP) is 7.64. The third kappa shape index (κ3) is 9.10. The summed E-state index contributed by atoms with van der Waals surface area (Å²) in [7, 11) is 0.647. The number of carbonyl (C=O) groups excluding carboxylic acids is 3. The highest BCUT2D eigenvalue weighted by Gasteiger charge is 2.39. The van der Waals surface area contributed by atoms with E-state index < -0.39 is 26.2 Å². The van der Waals surface area contributed by atoms with Crippen molar-refractivity contribution in [2.45, 2.75) is 91.1 Å². The number of benzene rings is 2. The molecule has 0 saturated carbocycles. The number of carbonyl (C=O) groups is 3. The number of amides is 1. The quantitative estimate of drug-likeness (QED) is 0.107. The molecule has 0 spiro atoms. The van der Waals surface area contributed by atoms with Crippen molar-refractivity contribution in [1.82, 2.24) is 14.7 Å². The summed E-state index contributed by atoms with van der Waals surface area (Å²) in [6, 6.07) is 13.8. The molecule has 0 aliphatic carbocycles. The fraction of sp³-hybridized carbons (Fsp3) is 0.444. The number of halogens is 1. The van der Waals surface area contributed by atoms with E-state index in [4.69, 9.17) is 14.3 Å². The van der Waals surface area contributed by atoms with Crippen molar-refractivity contribution in [2.24, 2.45) is 0 Å². The van der Waals surface area contributed by atoms with Crippen molar-refractivity contribution < 1.29 is 27.9 Å². The summed E-state index contributed by atoms with van der Waals surface area (Å²) in [5, 5.41) is 4.68. The predicted molar refractivity (Wildman–Crippen MR) is 182 cm³/mol. The van der Waals surface area contributed by atoms with Gasteiger partial charge in [-0.15, -0.1) is 0 Å². The van der Waals surface area contributed by atoms with E-state index >= 15 is 0 Å². The second-order valence-electron chi connectivity index (χ2n) is 13.5. The molecule has 0 saturated heterocycles. The smallest absolute Gasteiger partial charge is 0.313 e. The summed E-state index contributed by atoms with van der Waals surface area (Å²) in [6.45, 7) is 16.9. The topological polar surface area (TPSA) is 90.7 Å². The molecule has 1 aromatic heterocycles. The lowest BCUT2D eigenvalue weighted by Crippen LogP contribution is -2.44. The Hall–Kier alpha value is -3.89. The van der Waals surface area contributed by atoms with Crippen LogP contribution in [0.15, 0.2) is 54.6 Å². The minimum atomic E-state index is -2.35. The van der Waals surface area contributed by atoms with E-state index in [1.807, 2.05) is 57.2 Å². The van der Waals surface area contributed by atoms with Gasteiger partial charge in [-0.05, 0) is 72.4 Å². The molecule has 0 aliphatic heterocycles. The Morgan fingerprint density at radius 1 is 1.07 bits per heavy atom. The lowest BCUT2D eigenvalue weighted by molar-refractivity contribution is -0.143. The van der Waals surface area contributed by atoms with Crippen LogP contribution in [-0.4, -0.2) is 60.9 Å². The van der Waals surface area contributed by atoms with Crippen molar-refractivity contribution in [3.05, 3.63) is 88.5 Å². The molecule has 0 radical (unpaired) electrons. The van der Waals surface area contributed by atoms with Crippen molar-refractivity contribution >= 4 is 32.1 Å². The monoisotopic (exact) mass is 649 g/mol. The van der Waals surface area contributed by atoms with Gasteiger partial charge in [-0.3, -0.25) is 14.4 Å². The zero-order valence-electron chi connectivity index (χ0n) is 28.8. The molecule has 0 aliphatic rings. The maximum atomic E-state index is 14.0. The molecule has 3 rings (SSSR count). The maximum Gasteiger partial charge on any atom is 0.313 e. The average molecular weight is 650 g/mol. The Morgan fingerprint density at radius 2 is 1.70 bits per heavy atom. The van der Waals surface area contributed by atoms with Crippen LogP contribution >= 0.6 is 0 Å². The molecule has 0 fully saturated rings. The number of nitrogens with zero attached hydrogens (tertiary/aromatic N) is 3. The van der Waals surface area contributed by atoms with Crippen LogP contribution in [0.2, 0.25) is 18.1 Å². The highest BCUT2D eigenvalue weighted by Crippen LogP contribution is 2.38. The standard InChI is InChI=1S/C36H48FN3O5Si/c1-24(2)33-31(20-19-30(21-29(41)22-32(42)44-8)45-46(9,10)36(4,5)6)40(28-17-15-27(37)16-18-28)38-34(33)35(43)39(7)23-26-14-12-11-13-25(26)3/h11-20,24,30H,21-23H2,1-10H3/b20-19+/t30-/m1/s1. The Morgan fingerprint density at radius 3 is 2.26 bits per heavy atom. The number of ketones is 1. The number of ether oxygens (including phenoxy) is 1. The molecule has 46 heavy (non-hydrogen) atoms. The van der Waals surface area contributed by atoms with Gasteiger partial charge in [0.2, 0.25) is 0 Å². The summed E-state index contributed by atoms with van der Waals surface area (Å²) in [4.78, 5) is 40.4. The first-order valence-electron chi connectivity index (χ1n) is 15.6. The summed E-state index contributed by atoms with van der Waals surface area (Å²) < 4.78 is 27.0. The molecule has 10 heteroatoms. The van der Waals surface area contributed by atoms with E-state index in [9.17, 15) is 18.8 Å². The molecule has 1 amide bonds. The maximum absolute atomic E-state index is 14.0. The van der Waals surface area contributed by atoms with Gasteiger partial charge in [0.15, 0.2) is 14.0 Å². The molecule has 1 atom stereocenters. The Kier molecular flexibility index (Phi) is 12.0. The minimum absolute atomic E-state index is 0.0231. The van der Waals surface area contributed by atoms with Crippen molar-refractivity contribution in [3.8, 4) is 5.69 Å². The number of aromatic nitrogens is 2. The van der Waals surface area contributed by atoms with E-state index in [1.165, 1.54) is 19.2 Å². The summed E-state index contributed by atoms with van der Waals surface area (Å²) in [6.07, 6.45) is 2.62. The van der Waals surface area contributed by atoms with Gasteiger partial charge in [0, 0.05) is 25.6 Å². The van der Waals surface area contributed by atoms with Crippen LogP contribution in [0.4, 0.5) is 4.39 Å². The first-order valence-corrected chi connectivity index (χ1v) is 18.5. The van der Waals surface area contributed by atoms with Crippen LogP contribution in [0.1, 0.15) is 86.3 Å². The fourth-order valence-corrected chi connectivity index (χ4v) is 6.11. The van der Waals surface area contributed by atoms with Gasteiger partial charge < -0.3 is 14.1 Å². The molecular formula is C36H48FN3O5Si. The number of rotatable bonds is 13. The normalized spacial score (nSPS) is 12.9. The molecule has 8 nitrogen and oxygen atoms in total. The van der Waals surface area contributed by atoms with Gasteiger partial charge in [0.05, 0.1) is 24.6 Å². The summed E-state index contributed by atoms with van der Waals surface area (Å²) in [5.74, 6) is -1.65. The molecule has 1 heterocycles. The highest BCUT2D eigenvalue weighted by atomic mass is 28.4. The number of hydrogen-bond acceptors (Lipinski definition) is 6. The van der Waals surface area contributed by atoms with Crippen LogP contribution in [0, 0.1) is 12.7 Å². The SMILES string of the molecule is COC(=O)CC(=O)C[C@@H](/C=C/c1c(C(C)C)c(C(=O)N(C)Cc2ccccc2C)nn1-c1ccc(F)cc1)O[Si](C)(C)C(C)(C)C. The second-order valence-corrected chi connectivity index (χ2v) is 18.3. The fourth-order valence-electron chi connectivity index (χ4n) is 4.84. The molecule has 2 aromatic carbocycles. The van der Waals surface area contributed by atoms with Gasteiger partial charge in [-0.25, -0.2) is 9.07 Å². The third-order valence-corrected chi connectivity index (χ3v) is 13.0. The van der Waals surface area contributed by atoms with Crippen LogP contribution in [0.3, 0.4) is 0 Å². The molecule has 0 bridgehead atoms. The molecule has 3 aromatic rings. The Balaban J connectivity index is 2.14.